The average molecular weight is 249 g/mol. The first-order valence-corrected chi connectivity index (χ1v) is 6.17. The van der Waals surface area contributed by atoms with Crippen molar-refractivity contribution < 1.29 is 14.6 Å². The number of carbonyl (C=O) groups is 1. The minimum Gasteiger partial charge on any atom is -0.481 e. The molecule has 2 rings (SSSR count). The topological polar surface area (TPSA) is 49.8 Å². The van der Waals surface area contributed by atoms with Crippen LogP contribution in [-0.4, -0.2) is 36.1 Å². The molecule has 1 aromatic carbocycles. The van der Waals surface area contributed by atoms with E-state index in [0.717, 1.165) is 24.0 Å². The molecule has 0 saturated heterocycles. The molecule has 1 unspecified atom stereocenters. The highest BCUT2D eigenvalue weighted by Gasteiger charge is 2.22. The first kappa shape index (κ1) is 12.9. The maximum absolute atomic E-state index is 11.7. The first-order chi connectivity index (χ1) is 8.49. The number of amides is 1. The van der Waals surface area contributed by atoms with Gasteiger partial charge in [-0.3, -0.25) is 4.79 Å². The highest BCUT2D eigenvalue weighted by atomic mass is 16.5. The van der Waals surface area contributed by atoms with Crippen molar-refractivity contribution in [2.24, 2.45) is 0 Å². The minimum atomic E-state index is -0.496. The highest BCUT2D eigenvalue weighted by Crippen LogP contribution is 2.33. The smallest absolute Gasteiger partial charge is 0.262 e. The van der Waals surface area contributed by atoms with Gasteiger partial charge >= 0.3 is 0 Å². The monoisotopic (exact) mass is 249 g/mol. The Morgan fingerprint density at radius 2 is 2.22 bits per heavy atom. The van der Waals surface area contributed by atoms with Crippen LogP contribution in [0.4, 0.5) is 0 Å². The summed E-state index contributed by atoms with van der Waals surface area (Å²) < 4.78 is 5.63. The fourth-order valence-electron chi connectivity index (χ4n) is 2.26. The maximum Gasteiger partial charge on any atom is 0.262 e. The predicted molar refractivity (Wildman–Crippen MR) is 68.5 cm³/mol. The molecule has 18 heavy (non-hydrogen) atoms. The van der Waals surface area contributed by atoms with Crippen molar-refractivity contribution >= 4 is 5.91 Å². The van der Waals surface area contributed by atoms with Gasteiger partial charge in [0.25, 0.3) is 5.91 Å². The van der Waals surface area contributed by atoms with Crippen LogP contribution in [0.2, 0.25) is 0 Å². The SMILES string of the molecule is CC(Oc1ccc2c(c1)CC[C@@H]2O)C(=O)N(C)C. The number of hydrogen-bond donors (Lipinski definition) is 1. The van der Waals surface area contributed by atoms with Crippen LogP contribution in [0.5, 0.6) is 5.75 Å². The highest BCUT2D eigenvalue weighted by molar-refractivity contribution is 5.80. The zero-order valence-electron chi connectivity index (χ0n) is 11.0. The molecule has 0 aliphatic heterocycles. The van der Waals surface area contributed by atoms with Crippen molar-refractivity contribution in [3.05, 3.63) is 29.3 Å². The molecule has 4 nitrogen and oxygen atoms in total. The summed E-state index contributed by atoms with van der Waals surface area (Å²) >= 11 is 0. The molecule has 0 aromatic heterocycles. The second-order valence-corrected chi connectivity index (χ2v) is 4.91. The molecule has 4 heteroatoms. The number of aryl methyl sites for hydroxylation is 1. The number of likely N-dealkylation sites (N-methyl/N-ethyl adjacent to an activating group) is 1. The number of aliphatic hydroxyl groups excluding tert-OH is 1. The van der Waals surface area contributed by atoms with Crippen LogP contribution in [0.1, 0.15) is 30.6 Å². The molecule has 2 atom stereocenters. The molecule has 0 saturated carbocycles. The summed E-state index contributed by atoms with van der Waals surface area (Å²) in [5, 5.41) is 9.71. The Labute approximate surface area is 107 Å². The Hall–Kier alpha value is -1.55. The average Bonchev–Trinajstić information content (AvgIpc) is 2.69. The molecular weight excluding hydrogens is 230 g/mol. The van der Waals surface area contributed by atoms with Crippen LogP contribution in [0.15, 0.2) is 18.2 Å². The van der Waals surface area contributed by atoms with Crippen LogP contribution in [-0.2, 0) is 11.2 Å². The van der Waals surface area contributed by atoms with E-state index in [0.29, 0.717) is 5.75 Å². The van der Waals surface area contributed by atoms with E-state index in [9.17, 15) is 9.90 Å². The Morgan fingerprint density at radius 1 is 1.50 bits per heavy atom. The van der Waals surface area contributed by atoms with E-state index in [4.69, 9.17) is 4.74 Å². The Kier molecular flexibility index (Phi) is 3.57. The third-order valence-corrected chi connectivity index (χ3v) is 3.26. The zero-order chi connectivity index (χ0) is 13.3. The lowest BCUT2D eigenvalue weighted by Crippen LogP contribution is -2.35. The molecule has 98 valence electrons. The van der Waals surface area contributed by atoms with Crippen molar-refractivity contribution in [2.45, 2.75) is 32.0 Å². The third-order valence-electron chi connectivity index (χ3n) is 3.26. The molecular formula is C14H19NO3. The van der Waals surface area contributed by atoms with E-state index in [-0.39, 0.29) is 12.0 Å². The number of rotatable bonds is 3. The molecule has 1 N–H and O–H groups in total. The van der Waals surface area contributed by atoms with Crippen LogP contribution in [0, 0.1) is 0 Å². The van der Waals surface area contributed by atoms with Gasteiger partial charge in [0.05, 0.1) is 6.10 Å². The second kappa shape index (κ2) is 4.98. The van der Waals surface area contributed by atoms with Crippen molar-refractivity contribution in [3.63, 3.8) is 0 Å². The molecule has 0 radical (unpaired) electrons. The van der Waals surface area contributed by atoms with E-state index in [2.05, 4.69) is 0 Å². The van der Waals surface area contributed by atoms with Gasteiger partial charge in [-0.15, -0.1) is 0 Å². The van der Waals surface area contributed by atoms with Crippen LogP contribution in [0.3, 0.4) is 0 Å². The van der Waals surface area contributed by atoms with Crippen molar-refractivity contribution in [1.29, 1.82) is 0 Å². The number of aliphatic hydroxyl groups is 1. The van der Waals surface area contributed by atoms with E-state index >= 15 is 0 Å². The Balaban J connectivity index is 2.09. The molecule has 0 fully saturated rings. The van der Waals surface area contributed by atoms with Gasteiger partial charge in [0, 0.05) is 14.1 Å². The number of ether oxygens (including phenoxy) is 1. The molecule has 1 aliphatic carbocycles. The van der Waals surface area contributed by atoms with Gasteiger partial charge in [0.15, 0.2) is 6.10 Å². The number of benzene rings is 1. The zero-order valence-corrected chi connectivity index (χ0v) is 11.0. The first-order valence-electron chi connectivity index (χ1n) is 6.17. The van der Waals surface area contributed by atoms with Gasteiger partial charge in [-0.1, -0.05) is 6.07 Å². The van der Waals surface area contributed by atoms with E-state index in [1.165, 1.54) is 4.90 Å². The summed E-state index contributed by atoms with van der Waals surface area (Å²) in [6, 6.07) is 5.62. The molecule has 0 spiro atoms. The fourth-order valence-corrected chi connectivity index (χ4v) is 2.26. The van der Waals surface area contributed by atoms with E-state index in [1.54, 1.807) is 21.0 Å². The summed E-state index contributed by atoms with van der Waals surface area (Å²) in [5.74, 6) is 0.626. The van der Waals surface area contributed by atoms with Crippen molar-refractivity contribution in [1.82, 2.24) is 4.90 Å². The third kappa shape index (κ3) is 2.48. The molecule has 1 aromatic rings. The lowest BCUT2D eigenvalue weighted by atomic mass is 10.1. The predicted octanol–water partition coefficient (Wildman–Crippen LogP) is 1.52. The lowest BCUT2D eigenvalue weighted by Gasteiger charge is -2.18. The maximum atomic E-state index is 11.7. The van der Waals surface area contributed by atoms with E-state index < -0.39 is 6.10 Å². The lowest BCUT2D eigenvalue weighted by molar-refractivity contribution is -0.135. The number of fused-ring (bicyclic) bond motifs is 1. The van der Waals surface area contributed by atoms with Gasteiger partial charge in [-0.25, -0.2) is 0 Å². The van der Waals surface area contributed by atoms with E-state index in [1.807, 2.05) is 18.2 Å². The van der Waals surface area contributed by atoms with Gasteiger partial charge in [-0.05, 0) is 43.0 Å². The number of hydrogen-bond acceptors (Lipinski definition) is 3. The Morgan fingerprint density at radius 3 is 2.89 bits per heavy atom. The fraction of sp³-hybridized carbons (Fsp3) is 0.500. The van der Waals surface area contributed by atoms with Gasteiger partial charge in [0.2, 0.25) is 0 Å². The summed E-state index contributed by atoms with van der Waals surface area (Å²) in [6.07, 6.45) is 0.786. The van der Waals surface area contributed by atoms with Gasteiger partial charge in [0.1, 0.15) is 5.75 Å². The molecule has 1 aliphatic rings. The number of nitrogens with zero attached hydrogens (tertiary/aromatic N) is 1. The molecule has 0 bridgehead atoms. The summed E-state index contributed by atoms with van der Waals surface area (Å²) in [5.41, 5.74) is 2.10. The van der Waals surface area contributed by atoms with Crippen LogP contribution >= 0.6 is 0 Å². The molecule has 0 heterocycles. The standard InChI is InChI=1S/C14H19NO3/c1-9(14(17)15(2)3)18-11-5-6-12-10(8-11)4-7-13(12)16/h5-6,8-9,13,16H,4,7H2,1-3H3/t9?,13-/m0/s1. The van der Waals surface area contributed by atoms with Gasteiger partial charge < -0.3 is 14.7 Å². The summed E-state index contributed by atoms with van der Waals surface area (Å²) in [6.45, 7) is 1.74. The van der Waals surface area contributed by atoms with Crippen LogP contribution in [0.25, 0.3) is 0 Å². The van der Waals surface area contributed by atoms with Gasteiger partial charge in [-0.2, -0.15) is 0 Å². The Bertz CT molecular complexity index is 456. The van der Waals surface area contributed by atoms with Crippen LogP contribution < -0.4 is 4.74 Å². The normalized spacial score (nSPS) is 19.2. The second-order valence-electron chi connectivity index (χ2n) is 4.91. The summed E-state index contributed by atoms with van der Waals surface area (Å²) in [4.78, 5) is 13.2. The quantitative estimate of drug-likeness (QED) is 0.883. The summed E-state index contributed by atoms with van der Waals surface area (Å²) in [7, 11) is 3.42. The minimum absolute atomic E-state index is 0.0597. The van der Waals surface area contributed by atoms with Crippen molar-refractivity contribution in [2.75, 3.05) is 14.1 Å². The number of carbonyl (C=O) groups excluding carboxylic acids is 1. The molecule has 1 amide bonds. The van der Waals surface area contributed by atoms with Crippen molar-refractivity contribution in [3.8, 4) is 5.75 Å². The largest absolute Gasteiger partial charge is 0.481 e.